The van der Waals surface area contributed by atoms with Gasteiger partial charge in [0.2, 0.25) is 10.0 Å². The van der Waals surface area contributed by atoms with Gasteiger partial charge in [-0.15, -0.1) is 11.3 Å². The van der Waals surface area contributed by atoms with Crippen LogP contribution in [0.5, 0.6) is 0 Å². The zero-order chi connectivity index (χ0) is 20.6. The molecule has 3 aromatic rings. The maximum Gasteiger partial charge on any atom is 0.287 e. The molecule has 1 saturated heterocycles. The van der Waals surface area contributed by atoms with Crippen molar-refractivity contribution in [2.75, 3.05) is 13.1 Å². The number of sulfonamides is 1. The predicted octanol–water partition coefficient (Wildman–Crippen LogP) is 4.15. The molecule has 6 nitrogen and oxygen atoms in total. The Morgan fingerprint density at radius 2 is 2.03 bits per heavy atom. The van der Waals surface area contributed by atoms with Crippen molar-refractivity contribution in [3.8, 4) is 0 Å². The lowest BCUT2D eigenvalue weighted by atomic mass is 10.0. The quantitative estimate of drug-likeness (QED) is 0.657. The molecule has 0 bridgehead atoms. The van der Waals surface area contributed by atoms with Gasteiger partial charge in [0, 0.05) is 28.9 Å². The minimum atomic E-state index is -3.55. The molecule has 29 heavy (non-hydrogen) atoms. The van der Waals surface area contributed by atoms with Gasteiger partial charge in [0.25, 0.3) is 5.91 Å². The number of furan rings is 1. The number of amides is 1. The van der Waals surface area contributed by atoms with Crippen LogP contribution < -0.4 is 5.32 Å². The van der Waals surface area contributed by atoms with Gasteiger partial charge >= 0.3 is 0 Å². The van der Waals surface area contributed by atoms with Crippen LogP contribution in [-0.4, -0.2) is 31.7 Å². The summed E-state index contributed by atoms with van der Waals surface area (Å²) in [7, 11) is -3.55. The second-order valence-electron chi connectivity index (χ2n) is 7.56. The fourth-order valence-electron chi connectivity index (χ4n) is 3.61. The van der Waals surface area contributed by atoms with Crippen molar-refractivity contribution in [2.24, 2.45) is 5.92 Å². The zero-order valence-corrected chi connectivity index (χ0v) is 18.1. The van der Waals surface area contributed by atoms with E-state index in [0.29, 0.717) is 42.1 Å². The van der Waals surface area contributed by atoms with Gasteiger partial charge in [0.1, 0.15) is 5.58 Å². The average molecular weight is 433 g/mol. The van der Waals surface area contributed by atoms with E-state index in [0.717, 1.165) is 17.7 Å². The van der Waals surface area contributed by atoms with Crippen LogP contribution in [0, 0.1) is 12.8 Å². The van der Waals surface area contributed by atoms with Crippen molar-refractivity contribution in [1.29, 1.82) is 0 Å². The molecule has 3 heterocycles. The number of hydrogen-bond donors (Lipinski definition) is 1. The molecule has 1 aromatic carbocycles. The van der Waals surface area contributed by atoms with Crippen molar-refractivity contribution in [3.63, 3.8) is 0 Å². The molecule has 0 unspecified atom stereocenters. The molecule has 0 radical (unpaired) electrons. The number of benzene rings is 1. The lowest BCUT2D eigenvalue weighted by molar-refractivity contribution is 0.0925. The van der Waals surface area contributed by atoms with E-state index in [1.807, 2.05) is 17.5 Å². The minimum absolute atomic E-state index is 0.220. The van der Waals surface area contributed by atoms with Gasteiger partial charge < -0.3 is 9.73 Å². The lowest BCUT2D eigenvalue weighted by Gasteiger charge is -2.29. The van der Waals surface area contributed by atoms with Crippen molar-refractivity contribution < 1.29 is 17.6 Å². The smallest absolute Gasteiger partial charge is 0.287 e. The van der Waals surface area contributed by atoms with Crippen molar-refractivity contribution >= 4 is 38.2 Å². The fourth-order valence-corrected chi connectivity index (χ4v) is 5.75. The van der Waals surface area contributed by atoms with E-state index < -0.39 is 10.0 Å². The summed E-state index contributed by atoms with van der Waals surface area (Å²) in [4.78, 5) is 13.9. The molecule has 8 heteroatoms. The Bertz CT molecular complexity index is 1130. The number of fused-ring (bicyclic) bond motifs is 1. The first-order chi connectivity index (χ1) is 13.9. The van der Waals surface area contributed by atoms with Crippen molar-refractivity contribution in [3.05, 3.63) is 51.9 Å². The van der Waals surface area contributed by atoms with Crippen LogP contribution in [0.15, 0.2) is 45.0 Å². The second-order valence-corrected chi connectivity index (χ2v) is 10.5. The Morgan fingerprint density at radius 3 is 2.72 bits per heavy atom. The Balaban J connectivity index is 1.59. The van der Waals surface area contributed by atoms with Gasteiger partial charge in [0.15, 0.2) is 5.76 Å². The van der Waals surface area contributed by atoms with Gasteiger partial charge in [-0.25, -0.2) is 8.42 Å². The number of piperidine rings is 1. The normalized spacial score (nSPS) is 16.3. The zero-order valence-electron chi connectivity index (χ0n) is 16.5. The molecule has 0 saturated carbocycles. The molecule has 1 fully saturated rings. The molecule has 154 valence electrons. The van der Waals surface area contributed by atoms with Crippen LogP contribution in [0.3, 0.4) is 0 Å². The molecule has 4 rings (SSSR count). The average Bonchev–Trinajstić information content (AvgIpc) is 3.34. The van der Waals surface area contributed by atoms with Gasteiger partial charge in [-0.2, -0.15) is 4.31 Å². The lowest BCUT2D eigenvalue weighted by Crippen LogP contribution is -2.37. The number of thiophene rings is 1. The molecule has 0 atom stereocenters. The Kier molecular flexibility index (Phi) is 5.50. The molecule has 1 amide bonds. The molecule has 1 aliphatic rings. The van der Waals surface area contributed by atoms with Gasteiger partial charge in [-0.3, -0.25) is 4.79 Å². The highest BCUT2D eigenvalue weighted by atomic mass is 32.2. The number of carbonyl (C=O) groups excluding carboxylic acids is 1. The summed E-state index contributed by atoms with van der Waals surface area (Å²) in [5.74, 6) is 0.467. The van der Waals surface area contributed by atoms with E-state index in [1.165, 1.54) is 0 Å². The van der Waals surface area contributed by atoms with Crippen LogP contribution in [0.1, 0.15) is 40.8 Å². The summed E-state index contributed by atoms with van der Waals surface area (Å²) in [5, 5.41) is 5.46. The number of carbonyl (C=O) groups is 1. The standard InChI is InChI=1S/C21H24N2O4S2/c1-14-7-9-23(10-8-14)29(25,26)17-5-6-19-18(12-17)15(2)20(27-19)21(24)22-13-16-4-3-11-28-16/h3-6,11-12,14H,7-10,13H2,1-2H3,(H,22,24). The Hall–Kier alpha value is -2.16. The number of nitrogens with zero attached hydrogens (tertiary/aromatic N) is 1. The number of nitrogens with one attached hydrogen (secondary N) is 1. The third kappa shape index (κ3) is 3.97. The summed E-state index contributed by atoms with van der Waals surface area (Å²) in [5.41, 5.74) is 1.16. The van der Waals surface area contributed by atoms with E-state index >= 15 is 0 Å². The summed E-state index contributed by atoms with van der Waals surface area (Å²) in [6, 6.07) is 8.71. The molecule has 2 aromatic heterocycles. The number of rotatable bonds is 5. The largest absolute Gasteiger partial charge is 0.451 e. The molecular formula is C21H24N2O4S2. The van der Waals surface area contributed by atoms with Gasteiger partial charge in [-0.1, -0.05) is 13.0 Å². The molecule has 1 aliphatic heterocycles. The highest BCUT2D eigenvalue weighted by Gasteiger charge is 2.29. The van der Waals surface area contributed by atoms with Crippen LogP contribution in [0.4, 0.5) is 0 Å². The van der Waals surface area contributed by atoms with E-state index in [1.54, 1.807) is 40.8 Å². The molecular weight excluding hydrogens is 408 g/mol. The summed E-state index contributed by atoms with van der Waals surface area (Å²) < 4.78 is 33.4. The predicted molar refractivity (Wildman–Crippen MR) is 114 cm³/mol. The monoisotopic (exact) mass is 432 g/mol. The topological polar surface area (TPSA) is 79.6 Å². The van der Waals surface area contributed by atoms with Crippen LogP contribution in [-0.2, 0) is 16.6 Å². The maximum atomic E-state index is 13.0. The first kappa shape index (κ1) is 20.1. The van der Waals surface area contributed by atoms with E-state index in [2.05, 4.69) is 12.2 Å². The Morgan fingerprint density at radius 1 is 1.28 bits per heavy atom. The van der Waals surface area contributed by atoms with E-state index in [-0.39, 0.29) is 16.6 Å². The number of aryl methyl sites for hydroxylation is 1. The van der Waals surface area contributed by atoms with Crippen molar-refractivity contribution in [1.82, 2.24) is 9.62 Å². The van der Waals surface area contributed by atoms with Crippen LogP contribution in [0.25, 0.3) is 11.0 Å². The van der Waals surface area contributed by atoms with Crippen LogP contribution >= 0.6 is 11.3 Å². The van der Waals surface area contributed by atoms with E-state index in [9.17, 15) is 13.2 Å². The minimum Gasteiger partial charge on any atom is -0.451 e. The molecule has 1 N–H and O–H groups in total. The third-order valence-corrected chi connectivity index (χ3v) is 8.27. The maximum absolute atomic E-state index is 13.0. The van der Waals surface area contributed by atoms with Gasteiger partial charge in [0.05, 0.1) is 11.4 Å². The summed E-state index contributed by atoms with van der Waals surface area (Å²) in [6.45, 7) is 5.45. The highest BCUT2D eigenvalue weighted by Crippen LogP contribution is 2.30. The summed E-state index contributed by atoms with van der Waals surface area (Å²) >= 11 is 1.57. The Labute approximate surface area is 174 Å². The first-order valence-electron chi connectivity index (χ1n) is 9.70. The van der Waals surface area contributed by atoms with Crippen LogP contribution in [0.2, 0.25) is 0 Å². The molecule has 0 spiro atoms. The van der Waals surface area contributed by atoms with Crippen molar-refractivity contribution in [2.45, 2.75) is 38.1 Å². The van der Waals surface area contributed by atoms with E-state index in [4.69, 9.17) is 4.42 Å². The number of hydrogen-bond acceptors (Lipinski definition) is 5. The molecule has 0 aliphatic carbocycles. The van der Waals surface area contributed by atoms with Gasteiger partial charge in [-0.05, 0) is 55.3 Å². The summed E-state index contributed by atoms with van der Waals surface area (Å²) in [6.07, 6.45) is 1.75. The second kappa shape index (κ2) is 7.93. The third-order valence-electron chi connectivity index (χ3n) is 5.50. The highest BCUT2D eigenvalue weighted by molar-refractivity contribution is 7.89. The SMILES string of the molecule is Cc1c(C(=O)NCc2cccs2)oc2ccc(S(=O)(=O)N3CCC(C)CC3)cc12. The first-order valence-corrected chi connectivity index (χ1v) is 12.0. The fraction of sp³-hybridized carbons (Fsp3) is 0.381.